The van der Waals surface area contributed by atoms with Gasteiger partial charge in [-0.3, -0.25) is 0 Å². The second-order valence-electron chi connectivity index (χ2n) is 7.89. The van der Waals surface area contributed by atoms with Crippen molar-refractivity contribution < 1.29 is 9.53 Å². The quantitative estimate of drug-likeness (QED) is 0.900. The number of piperidine rings is 1. The second kappa shape index (κ2) is 7.89. The number of ether oxygens (including phenoxy) is 1. The lowest BCUT2D eigenvalue weighted by Gasteiger charge is -2.38. The summed E-state index contributed by atoms with van der Waals surface area (Å²) in [5, 5.41) is 3.30. The van der Waals surface area contributed by atoms with Gasteiger partial charge in [0.25, 0.3) is 0 Å². The number of carbonyl (C=O) groups excluding carboxylic acids is 1. The first-order valence-corrected chi connectivity index (χ1v) is 8.95. The van der Waals surface area contributed by atoms with Gasteiger partial charge in [-0.2, -0.15) is 0 Å². The van der Waals surface area contributed by atoms with E-state index in [1.807, 2.05) is 33.9 Å². The van der Waals surface area contributed by atoms with Crippen LogP contribution in [-0.4, -0.2) is 58.8 Å². The van der Waals surface area contributed by atoms with E-state index in [0.29, 0.717) is 6.04 Å². The van der Waals surface area contributed by atoms with E-state index in [4.69, 9.17) is 4.74 Å². The molecule has 2 rings (SSSR count). The fraction of sp³-hybridized carbons (Fsp3) is 0.722. The molecule has 1 fully saturated rings. The Balaban J connectivity index is 2.04. The van der Waals surface area contributed by atoms with Crippen LogP contribution in [0.25, 0.3) is 0 Å². The van der Waals surface area contributed by atoms with Crippen LogP contribution in [0.1, 0.15) is 47.5 Å². The summed E-state index contributed by atoms with van der Waals surface area (Å²) in [4.78, 5) is 24.9. The minimum Gasteiger partial charge on any atom is -0.444 e. The molecule has 0 radical (unpaired) electrons. The van der Waals surface area contributed by atoms with Crippen molar-refractivity contribution >= 4 is 17.7 Å². The molecule has 0 unspecified atom stereocenters. The van der Waals surface area contributed by atoms with Crippen LogP contribution >= 0.6 is 0 Å². The van der Waals surface area contributed by atoms with Crippen molar-refractivity contribution in [2.24, 2.45) is 0 Å². The highest BCUT2D eigenvalue weighted by atomic mass is 16.6. The van der Waals surface area contributed by atoms with Gasteiger partial charge in [-0.05, 0) is 47.5 Å². The number of rotatable bonds is 4. The van der Waals surface area contributed by atoms with Gasteiger partial charge in [-0.1, -0.05) is 0 Å². The molecule has 1 atom stereocenters. The van der Waals surface area contributed by atoms with Crippen LogP contribution in [0.2, 0.25) is 0 Å². The van der Waals surface area contributed by atoms with Gasteiger partial charge in [-0.25, -0.2) is 14.8 Å². The number of aromatic nitrogens is 2. The Bertz CT molecular complexity index is 585. The fourth-order valence-electron chi connectivity index (χ4n) is 2.86. The van der Waals surface area contributed by atoms with Crippen LogP contribution in [0.3, 0.4) is 0 Å². The summed E-state index contributed by atoms with van der Waals surface area (Å²) >= 11 is 0. The van der Waals surface area contributed by atoms with Gasteiger partial charge < -0.3 is 19.9 Å². The standard InChI is InChI=1S/C18H31N5O2/c1-13(2)21-15-10-16(20-12-19-15)23-9-7-8-14(11-23)22(6)17(24)25-18(3,4)5/h10,12-14H,7-9,11H2,1-6H3,(H,19,20,21)/t14-/m0/s1. The molecule has 1 aromatic heterocycles. The van der Waals surface area contributed by atoms with Gasteiger partial charge in [0.05, 0.1) is 6.04 Å². The molecule has 1 aliphatic rings. The van der Waals surface area contributed by atoms with Gasteiger partial charge in [0, 0.05) is 32.2 Å². The summed E-state index contributed by atoms with van der Waals surface area (Å²) in [6.07, 6.45) is 3.29. The predicted molar refractivity (Wildman–Crippen MR) is 100 cm³/mol. The first-order valence-electron chi connectivity index (χ1n) is 8.95. The van der Waals surface area contributed by atoms with Crippen LogP contribution in [0.5, 0.6) is 0 Å². The highest BCUT2D eigenvalue weighted by molar-refractivity contribution is 5.68. The van der Waals surface area contributed by atoms with E-state index in [9.17, 15) is 4.79 Å². The lowest BCUT2D eigenvalue weighted by Crippen LogP contribution is -2.50. The van der Waals surface area contributed by atoms with E-state index < -0.39 is 5.60 Å². The Labute approximate surface area is 150 Å². The van der Waals surface area contributed by atoms with Crippen LogP contribution in [-0.2, 0) is 4.74 Å². The van der Waals surface area contributed by atoms with Crippen molar-refractivity contribution in [1.82, 2.24) is 14.9 Å². The van der Waals surface area contributed by atoms with E-state index in [1.54, 1.807) is 11.2 Å². The molecule has 0 spiro atoms. The molecule has 1 aliphatic heterocycles. The third-order valence-electron chi connectivity index (χ3n) is 4.04. The molecule has 0 bridgehead atoms. The molecule has 7 nitrogen and oxygen atoms in total. The van der Waals surface area contributed by atoms with Crippen LogP contribution in [0.15, 0.2) is 12.4 Å². The van der Waals surface area contributed by atoms with Crippen molar-refractivity contribution in [2.45, 2.75) is 65.1 Å². The Morgan fingerprint density at radius 2 is 2.12 bits per heavy atom. The normalized spacial score (nSPS) is 18.2. The zero-order valence-electron chi connectivity index (χ0n) is 16.2. The van der Waals surface area contributed by atoms with Gasteiger partial charge in [-0.15, -0.1) is 0 Å². The van der Waals surface area contributed by atoms with Crippen molar-refractivity contribution in [2.75, 3.05) is 30.4 Å². The third kappa shape index (κ3) is 5.76. The van der Waals surface area contributed by atoms with Crippen molar-refractivity contribution in [1.29, 1.82) is 0 Å². The largest absolute Gasteiger partial charge is 0.444 e. The molecule has 0 aromatic carbocycles. The first kappa shape index (κ1) is 19.3. The van der Waals surface area contributed by atoms with Crippen molar-refractivity contribution in [3.8, 4) is 0 Å². The number of amides is 1. The predicted octanol–water partition coefficient (Wildman–Crippen LogP) is 3.13. The zero-order valence-corrected chi connectivity index (χ0v) is 16.2. The zero-order chi connectivity index (χ0) is 18.6. The molecule has 25 heavy (non-hydrogen) atoms. The number of hydrogen-bond acceptors (Lipinski definition) is 6. The molecule has 1 aromatic rings. The maximum atomic E-state index is 12.3. The Kier molecular flexibility index (Phi) is 6.08. The lowest BCUT2D eigenvalue weighted by atomic mass is 10.0. The van der Waals surface area contributed by atoms with Crippen molar-refractivity contribution in [3.05, 3.63) is 12.4 Å². The van der Waals surface area contributed by atoms with Gasteiger partial charge >= 0.3 is 6.09 Å². The summed E-state index contributed by atoms with van der Waals surface area (Å²) in [7, 11) is 1.81. The number of likely N-dealkylation sites (N-methyl/N-ethyl adjacent to an activating group) is 1. The molecule has 140 valence electrons. The average Bonchev–Trinajstić information content (AvgIpc) is 2.52. The molecule has 0 aliphatic carbocycles. The molecular weight excluding hydrogens is 318 g/mol. The van der Waals surface area contributed by atoms with E-state index >= 15 is 0 Å². The summed E-state index contributed by atoms with van der Waals surface area (Å²) < 4.78 is 5.49. The maximum absolute atomic E-state index is 12.3. The second-order valence-corrected chi connectivity index (χ2v) is 7.89. The van der Waals surface area contributed by atoms with Crippen LogP contribution in [0, 0.1) is 0 Å². The number of carbonyl (C=O) groups is 1. The maximum Gasteiger partial charge on any atom is 0.410 e. The molecule has 2 heterocycles. The van der Waals surface area contributed by atoms with Crippen LogP contribution in [0.4, 0.5) is 16.4 Å². The number of nitrogens with zero attached hydrogens (tertiary/aromatic N) is 4. The van der Waals surface area contributed by atoms with E-state index in [1.165, 1.54) is 0 Å². The van der Waals surface area contributed by atoms with Gasteiger partial charge in [0.2, 0.25) is 0 Å². The minimum atomic E-state index is -0.482. The molecule has 7 heteroatoms. The first-order chi connectivity index (χ1) is 11.7. The van der Waals surface area contributed by atoms with Gasteiger partial charge in [0.1, 0.15) is 23.6 Å². The Morgan fingerprint density at radius 3 is 2.76 bits per heavy atom. The summed E-state index contributed by atoms with van der Waals surface area (Å²) in [6, 6.07) is 2.39. The summed E-state index contributed by atoms with van der Waals surface area (Å²) in [5.74, 6) is 1.71. The fourth-order valence-corrected chi connectivity index (χ4v) is 2.86. The molecule has 1 saturated heterocycles. The van der Waals surface area contributed by atoms with E-state index in [-0.39, 0.29) is 12.1 Å². The summed E-state index contributed by atoms with van der Waals surface area (Å²) in [6.45, 7) is 11.5. The third-order valence-corrected chi connectivity index (χ3v) is 4.04. The topological polar surface area (TPSA) is 70.6 Å². The number of hydrogen-bond donors (Lipinski definition) is 1. The van der Waals surface area contributed by atoms with Crippen molar-refractivity contribution in [3.63, 3.8) is 0 Å². The SMILES string of the molecule is CC(C)Nc1cc(N2CCC[C@H](N(C)C(=O)OC(C)(C)C)C2)ncn1. The lowest BCUT2D eigenvalue weighted by molar-refractivity contribution is 0.0209. The number of anilines is 2. The molecule has 1 amide bonds. The van der Waals surface area contributed by atoms with Gasteiger partial charge in [0.15, 0.2) is 0 Å². The van der Waals surface area contributed by atoms with E-state index in [0.717, 1.165) is 37.6 Å². The molecule has 1 N–H and O–H groups in total. The highest BCUT2D eigenvalue weighted by Crippen LogP contribution is 2.23. The number of nitrogens with one attached hydrogen (secondary N) is 1. The molecular formula is C18H31N5O2. The summed E-state index contributed by atoms with van der Waals surface area (Å²) in [5.41, 5.74) is -0.482. The van der Waals surface area contributed by atoms with Crippen LogP contribution < -0.4 is 10.2 Å². The molecule has 0 saturated carbocycles. The van der Waals surface area contributed by atoms with E-state index in [2.05, 4.69) is 34.0 Å². The average molecular weight is 349 g/mol. The Hall–Kier alpha value is -2.05. The smallest absolute Gasteiger partial charge is 0.410 e. The monoisotopic (exact) mass is 349 g/mol. The Morgan fingerprint density at radius 1 is 1.40 bits per heavy atom. The minimum absolute atomic E-state index is 0.111. The highest BCUT2D eigenvalue weighted by Gasteiger charge is 2.29.